The monoisotopic (exact) mass is 320 g/mol. The molecular formula is C15H20N4O4. The molecule has 0 saturated carbocycles. The largest absolute Gasteiger partial charge is 0.449 e. The van der Waals surface area contributed by atoms with Crippen LogP contribution in [0.3, 0.4) is 0 Å². The van der Waals surface area contributed by atoms with E-state index in [1.54, 1.807) is 12.4 Å². The quantitative estimate of drug-likeness (QED) is 0.695. The molecule has 0 saturated heterocycles. The number of nitrogens with zero attached hydrogens (tertiary/aromatic N) is 4. The average molecular weight is 320 g/mol. The van der Waals surface area contributed by atoms with E-state index in [1.165, 1.54) is 34.2 Å². The van der Waals surface area contributed by atoms with Crippen molar-refractivity contribution in [3.63, 3.8) is 0 Å². The van der Waals surface area contributed by atoms with Gasteiger partial charge in [0.1, 0.15) is 12.7 Å². The van der Waals surface area contributed by atoms with Crippen LogP contribution in [-0.4, -0.2) is 44.5 Å². The van der Waals surface area contributed by atoms with Gasteiger partial charge >= 0.3 is 12.2 Å². The Kier molecular flexibility index (Phi) is 6.83. The molecule has 0 bridgehead atoms. The van der Waals surface area contributed by atoms with E-state index < -0.39 is 12.2 Å². The predicted molar refractivity (Wildman–Crippen MR) is 81.0 cm³/mol. The maximum Gasteiger partial charge on any atom is 0.419 e. The molecule has 2 heterocycles. The van der Waals surface area contributed by atoms with Crippen molar-refractivity contribution in [3.8, 4) is 0 Å². The van der Waals surface area contributed by atoms with E-state index in [1.807, 2.05) is 0 Å². The number of rotatable bonds is 8. The summed E-state index contributed by atoms with van der Waals surface area (Å²) in [4.78, 5) is 30.5. The molecule has 0 aliphatic heterocycles. The van der Waals surface area contributed by atoms with Gasteiger partial charge in [-0.25, -0.2) is 28.7 Å². The van der Waals surface area contributed by atoms with E-state index in [4.69, 9.17) is 9.47 Å². The van der Waals surface area contributed by atoms with E-state index in [0.29, 0.717) is 13.2 Å². The molecule has 23 heavy (non-hydrogen) atoms. The van der Waals surface area contributed by atoms with E-state index in [0.717, 1.165) is 32.1 Å². The van der Waals surface area contributed by atoms with E-state index in [9.17, 15) is 9.59 Å². The lowest BCUT2D eigenvalue weighted by Gasteiger charge is -2.06. The third kappa shape index (κ3) is 5.93. The van der Waals surface area contributed by atoms with Gasteiger partial charge < -0.3 is 9.47 Å². The summed E-state index contributed by atoms with van der Waals surface area (Å²) in [5.74, 6) is 0. The molecule has 0 spiro atoms. The molecule has 8 heteroatoms. The second kappa shape index (κ2) is 9.39. The Balaban J connectivity index is 1.41. The second-order valence-electron chi connectivity index (χ2n) is 4.94. The van der Waals surface area contributed by atoms with Crippen LogP contribution in [0.15, 0.2) is 37.4 Å². The molecule has 0 aromatic carbocycles. The molecule has 2 aromatic rings. The van der Waals surface area contributed by atoms with Gasteiger partial charge in [-0.2, -0.15) is 0 Å². The molecule has 2 aromatic heterocycles. The van der Waals surface area contributed by atoms with Gasteiger partial charge in [-0.1, -0.05) is 19.3 Å². The average Bonchev–Trinajstić information content (AvgIpc) is 3.25. The number of hydrogen-bond acceptors (Lipinski definition) is 6. The number of hydrogen-bond donors (Lipinski definition) is 0. The minimum absolute atomic E-state index is 0.395. The third-order valence-corrected chi connectivity index (χ3v) is 3.17. The molecule has 0 radical (unpaired) electrons. The lowest BCUT2D eigenvalue weighted by atomic mass is 10.1. The Bertz CT molecular complexity index is 528. The zero-order valence-electron chi connectivity index (χ0n) is 12.8. The summed E-state index contributed by atoms with van der Waals surface area (Å²) in [6.07, 6.45) is 12.7. The highest BCUT2D eigenvalue weighted by Crippen LogP contribution is 2.04. The highest BCUT2D eigenvalue weighted by molar-refractivity contribution is 5.70. The molecule has 0 N–H and O–H groups in total. The highest BCUT2D eigenvalue weighted by atomic mass is 16.6. The number of carbonyl (C=O) groups is 2. The number of ether oxygens (including phenoxy) is 2. The summed E-state index contributed by atoms with van der Waals surface area (Å²) < 4.78 is 12.8. The van der Waals surface area contributed by atoms with Crippen LogP contribution in [0.5, 0.6) is 0 Å². The van der Waals surface area contributed by atoms with E-state index >= 15 is 0 Å². The third-order valence-electron chi connectivity index (χ3n) is 3.17. The molecular weight excluding hydrogens is 300 g/mol. The number of imidazole rings is 2. The van der Waals surface area contributed by atoms with Gasteiger partial charge in [0.05, 0.1) is 13.2 Å². The normalized spacial score (nSPS) is 10.4. The molecule has 124 valence electrons. The van der Waals surface area contributed by atoms with Crippen LogP contribution in [0, 0.1) is 0 Å². The molecule has 8 nitrogen and oxygen atoms in total. The summed E-state index contributed by atoms with van der Waals surface area (Å²) in [5, 5.41) is 0. The summed E-state index contributed by atoms with van der Waals surface area (Å²) >= 11 is 0. The molecule has 0 fully saturated rings. The number of unbranched alkanes of at least 4 members (excludes halogenated alkanes) is 4. The summed E-state index contributed by atoms with van der Waals surface area (Å²) in [5.41, 5.74) is 0. The van der Waals surface area contributed by atoms with Crippen molar-refractivity contribution >= 4 is 12.2 Å². The van der Waals surface area contributed by atoms with Gasteiger partial charge in [-0.15, -0.1) is 0 Å². The first kappa shape index (κ1) is 16.7. The van der Waals surface area contributed by atoms with Gasteiger partial charge in [0, 0.05) is 24.8 Å². The van der Waals surface area contributed by atoms with Gasteiger partial charge in [-0.05, 0) is 12.8 Å². The molecule has 0 aliphatic rings. The van der Waals surface area contributed by atoms with Crippen molar-refractivity contribution < 1.29 is 19.1 Å². The zero-order chi connectivity index (χ0) is 16.3. The predicted octanol–water partition coefficient (Wildman–Crippen LogP) is 2.70. The van der Waals surface area contributed by atoms with Crippen molar-refractivity contribution in [2.75, 3.05) is 13.2 Å². The SMILES string of the molecule is O=C(OCCCCCCCOC(=O)n1ccnc1)n1ccnc1. The van der Waals surface area contributed by atoms with Crippen LogP contribution in [-0.2, 0) is 9.47 Å². The Hall–Kier alpha value is -2.64. The van der Waals surface area contributed by atoms with Crippen molar-refractivity contribution in [2.45, 2.75) is 32.1 Å². The number of aromatic nitrogens is 4. The summed E-state index contributed by atoms with van der Waals surface area (Å²) in [6.45, 7) is 0.791. The molecule has 0 amide bonds. The van der Waals surface area contributed by atoms with Crippen molar-refractivity contribution in [1.82, 2.24) is 19.1 Å². The van der Waals surface area contributed by atoms with Gasteiger partial charge in [0.25, 0.3) is 0 Å². The first-order valence-electron chi connectivity index (χ1n) is 7.57. The van der Waals surface area contributed by atoms with Crippen LogP contribution >= 0.6 is 0 Å². The second-order valence-corrected chi connectivity index (χ2v) is 4.94. The first-order chi connectivity index (χ1) is 11.3. The molecule has 0 unspecified atom stereocenters. The Morgan fingerprint density at radius 2 is 1.17 bits per heavy atom. The standard InChI is InChI=1S/C15H20N4O4/c20-14(18-8-6-16-12-18)22-10-4-2-1-3-5-11-23-15(21)19-9-7-17-13-19/h6-9,12-13H,1-5,10-11H2. The van der Waals surface area contributed by atoms with Crippen LogP contribution < -0.4 is 0 Å². The molecule has 0 atom stereocenters. The maximum atomic E-state index is 11.5. The summed E-state index contributed by atoms with van der Waals surface area (Å²) in [6, 6.07) is 0. The van der Waals surface area contributed by atoms with Crippen molar-refractivity contribution in [2.24, 2.45) is 0 Å². The fourth-order valence-corrected chi connectivity index (χ4v) is 1.94. The van der Waals surface area contributed by atoms with Gasteiger partial charge in [0.15, 0.2) is 0 Å². The zero-order valence-corrected chi connectivity index (χ0v) is 12.8. The first-order valence-corrected chi connectivity index (χ1v) is 7.57. The minimum Gasteiger partial charge on any atom is -0.449 e. The lowest BCUT2D eigenvalue weighted by molar-refractivity contribution is 0.143. The fourth-order valence-electron chi connectivity index (χ4n) is 1.94. The van der Waals surface area contributed by atoms with Gasteiger partial charge in [0.2, 0.25) is 0 Å². The minimum atomic E-state index is -0.408. The summed E-state index contributed by atoms with van der Waals surface area (Å²) in [7, 11) is 0. The van der Waals surface area contributed by atoms with Crippen molar-refractivity contribution in [3.05, 3.63) is 37.4 Å². The Morgan fingerprint density at radius 1 is 0.739 bits per heavy atom. The van der Waals surface area contributed by atoms with E-state index in [-0.39, 0.29) is 0 Å². The lowest BCUT2D eigenvalue weighted by Crippen LogP contribution is -2.12. The highest BCUT2D eigenvalue weighted by Gasteiger charge is 2.05. The Morgan fingerprint density at radius 3 is 1.57 bits per heavy atom. The maximum absolute atomic E-state index is 11.5. The molecule has 0 aliphatic carbocycles. The van der Waals surface area contributed by atoms with E-state index in [2.05, 4.69) is 9.97 Å². The van der Waals surface area contributed by atoms with Crippen LogP contribution in [0.25, 0.3) is 0 Å². The Labute approximate surface area is 134 Å². The van der Waals surface area contributed by atoms with Crippen molar-refractivity contribution in [1.29, 1.82) is 0 Å². The van der Waals surface area contributed by atoms with Gasteiger partial charge in [-0.3, -0.25) is 0 Å². The topological polar surface area (TPSA) is 88.2 Å². The van der Waals surface area contributed by atoms with Crippen LogP contribution in [0.1, 0.15) is 32.1 Å². The number of carbonyl (C=O) groups excluding carboxylic acids is 2. The smallest absolute Gasteiger partial charge is 0.419 e. The van der Waals surface area contributed by atoms with Crippen LogP contribution in [0.2, 0.25) is 0 Å². The molecule has 2 rings (SSSR count). The van der Waals surface area contributed by atoms with Crippen LogP contribution in [0.4, 0.5) is 9.59 Å². The fraction of sp³-hybridized carbons (Fsp3) is 0.467.